The van der Waals surface area contributed by atoms with Gasteiger partial charge in [0.15, 0.2) is 0 Å². The predicted octanol–water partition coefficient (Wildman–Crippen LogP) is 4.24. The number of aryl methyl sites for hydroxylation is 2. The molecule has 0 bridgehead atoms. The Hall–Kier alpha value is -3.28. The van der Waals surface area contributed by atoms with Gasteiger partial charge in [-0.1, -0.05) is 49.1 Å². The minimum atomic E-state index is -0.705. The zero-order valence-electron chi connectivity index (χ0n) is 17.1. The maximum atomic E-state index is 14.1. The van der Waals surface area contributed by atoms with E-state index < -0.39 is 5.83 Å². The highest BCUT2D eigenvalue weighted by Crippen LogP contribution is 2.27. The van der Waals surface area contributed by atoms with Gasteiger partial charge in [0.1, 0.15) is 23.6 Å². The summed E-state index contributed by atoms with van der Waals surface area (Å²) in [5.41, 5.74) is 1.98. The Labute approximate surface area is 175 Å². The van der Waals surface area contributed by atoms with E-state index in [1.807, 2.05) is 18.2 Å². The van der Waals surface area contributed by atoms with Crippen LogP contribution < -0.4 is 10.9 Å². The van der Waals surface area contributed by atoms with Crippen LogP contribution in [0.4, 0.5) is 10.1 Å². The summed E-state index contributed by atoms with van der Waals surface area (Å²) in [6.45, 7) is 4.96. The van der Waals surface area contributed by atoms with Crippen LogP contribution in [0.3, 0.4) is 0 Å². The van der Waals surface area contributed by atoms with Crippen LogP contribution in [0.5, 0.6) is 0 Å². The molecule has 0 aliphatic carbocycles. The Bertz CT molecular complexity index is 1040. The summed E-state index contributed by atoms with van der Waals surface area (Å²) in [5.74, 6) is -0.579. The van der Waals surface area contributed by atoms with Crippen LogP contribution in [-0.4, -0.2) is 21.9 Å². The highest BCUT2D eigenvalue weighted by molar-refractivity contribution is 5.75. The first-order valence-electron chi connectivity index (χ1n) is 10.1. The first kappa shape index (κ1) is 21.4. The van der Waals surface area contributed by atoms with Crippen molar-refractivity contribution in [3.8, 4) is 0 Å². The lowest BCUT2D eigenvalue weighted by atomic mass is 9.96. The van der Waals surface area contributed by atoms with E-state index in [0.29, 0.717) is 24.1 Å². The lowest BCUT2D eigenvalue weighted by Gasteiger charge is -2.27. The van der Waals surface area contributed by atoms with E-state index in [1.165, 1.54) is 16.2 Å². The van der Waals surface area contributed by atoms with Crippen molar-refractivity contribution in [3.05, 3.63) is 88.4 Å². The standard InChI is InChI=1S/C24H26FN3O2/c1-3-4-10-20(17(2)25)23-27-21-14-13-19(12-11-18-8-6-5-7-9-18)26-22(21)24(30)28(23)15-16-29/h3-10,16,19,26H,2,11-15H2,1H3/b4-3-,20-10+. The Morgan fingerprint density at radius 2 is 2.13 bits per heavy atom. The number of aldehydes is 1. The fraction of sp³-hybridized carbons (Fsp3) is 0.292. The molecule has 1 aliphatic heterocycles. The maximum Gasteiger partial charge on any atom is 0.277 e. The molecule has 156 valence electrons. The molecular formula is C24H26FN3O2. The summed E-state index contributed by atoms with van der Waals surface area (Å²) in [7, 11) is 0. The van der Waals surface area contributed by atoms with Crippen LogP contribution >= 0.6 is 0 Å². The van der Waals surface area contributed by atoms with Crippen LogP contribution in [0, 0.1) is 0 Å². The van der Waals surface area contributed by atoms with Gasteiger partial charge in [-0.3, -0.25) is 9.36 Å². The van der Waals surface area contributed by atoms with Crippen molar-refractivity contribution >= 4 is 17.5 Å². The first-order valence-corrected chi connectivity index (χ1v) is 10.1. The highest BCUT2D eigenvalue weighted by Gasteiger charge is 2.25. The molecule has 2 aromatic rings. The van der Waals surface area contributed by atoms with Gasteiger partial charge in [0.05, 0.1) is 17.8 Å². The number of rotatable bonds is 8. The number of nitrogens with zero attached hydrogens (tertiary/aromatic N) is 2. The number of nitrogens with one attached hydrogen (secondary N) is 1. The summed E-state index contributed by atoms with van der Waals surface area (Å²) < 4.78 is 15.3. The van der Waals surface area contributed by atoms with Crippen LogP contribution in [0.15, 0.2) is 65.8 Å². The van der Waals surface area contributed by atoms with Crippen molar-refractivity contribution in [2.45, 2.75) is 45.2 Å². The monoisotopic (exact) mass is 407 g/mol. The zero-order chi connectivity index (χ0) is 21.5. The van der Waals surface area contributed by atoms with Gasteiger partial charge in [0, 0.05) is 6.04 Å². The third kappa shape index (κ3) is 4.82. The van der Waals surface area contributed by atoms with E-state index in [9.17, 15) is 14.0 Å². The smallest absolute Gasteiger partial charge is 0.277 e. The van der Waals surface area contributed by atoms with Crippen molar-refractivity contribution in [2.24, 2.45) is 0 Å². The Morgan fingerprint density at radius 1 is 1.37 bits per heavy atom. The summed E-state index contributed by atoms with van der Waals surface area (Å²) in [4.78, 5) is 28.9. The fourth-order valence-electron chi connectivity index (χ4n) is 3.64. The van der Waals surface area contributed by atoms with E-state index in [-0.39, 0.29) is 29.5 Å². The van der Waals surface area contributed by atoms with Crippen LogP contribution in [0.25, 0.3) is 5.57 Å². The SMILES string of the molecule is C=C(F)/C(=C\C=C/C)c1nc2c(c(=O)n1CC=O)NC(CCc1ccccc1)CC2. The highest BCUT2D eigenvalue weighted by atomic mass is 19.1. The van der Waals surface area contributed by atoms with Gasteiger partial charge in [0.2, 0.25) is 0 Å². The van der Waals surface area contributed by atoms with E-state index >= 15 is 0 Å². The molecule has 1 aromatic heterocycles. The number of hydrogen-bond acceptors (Lipinski definition) is 4. The van der Waals surface area contributed by atoms with E-state index in [0.717, 1.165) is 19.3 Å². The molecule has 0 spiro atoms. The molecule has 1 unspecified atom stereocenters. The van der Waals surface area contributed by atoms with Crippen molar-refractivity contribution in [1.82, 2.24) is 9.55 Å². The molecule has 30 heavy (non-hydrogen) atoms. The number of carbonyl (C=O) groups is 1. The summed E-state index contributed by atoms with van der Waals surface area (Å²) in [5, 5.41) is 3.31. The van der Waals surface area contributed by atoms with Crippen LogP contribution in [0.1, 0.15) is 36.8 Å². The molecule has 0 fully saturated rings. The molecule has 1 aliphatic rings. The Kier molecular flexibility index (Phi) is 7.12. The number of carbonyl (C=O) groups excluding carboxylic acids is 1. The molecule has 6 heteroatoms. The second-order valence-electron chi connectivity index (χ2n) is 7.25. The van der Waals surface area contributed by atoms with Gasteiger partial charge in [0.25, 0.3) is 5.56 Å². The number of aromatic nitrogens is 2. The number of benzene rings is 1. The van der Waals surface area contributed by atoms with Gasteiger partial charge < -0.3 is 10.1 Å². The second kappa shape index (κ2) is 9.96. The third-order valence-corrected chi connectivity index (χ3v) is 5.19. The second-order valence-corrected chi connectivity index (χ2v) is 7.25. The van der Waals surface area contributed by atoms with Gasteiger partial charge in [-0.15, -0.1) is 0 Å². The minimum absolute atomic E-state index is 0.0982. The molecule has 0 amide bonds. The first-order chi connectivity index (χ1) is 14.5. The molecule has 0 saturated heterocycles. The van der Waals surface area contributed by atoms with E-state index in [1.54, 1.807) is 19.1 Å². The molecule has 1 aromatic carbocycles. The summed E-state index contributed by atoms with van der Waals surface area (Å²) in [6, 6.07) is 10.3. The molecule has 1 N–H and O–H groups in total. The quantitative estimate of drug-likeness (QED) is 0.525. The van der Waals surface area contributed by atoms with Crippen molar-refractivity contribution in [1.29, 1.82) is 0 Å². The van der Waals surface area contributed by atoms with Gasteiger partial charge in [-0.2, -0.15) is 0 Å². The van der Waals surface area contributed by atoms with Crippen LogP contribution in [-0.2, 0) is 24.2 Å². The lowest BCUT2D eigenvalue weighted by Crippen LogP contribution is -2.36. The topological polar surface area (TPSA) is 64.0 Å². The lowest BCUT2D eigenvalue weighted by molar-refractivity contribution is -0.108. The molecule has 0 saturated carbocycles. The number of fused-ring (bicyclic) bond motifs is 1. The molecular weight excluding hydrogens is 381 g/mol. The van der Waals surface area contributed by atoms with Crippen molar-refractivity contribution in [2.75, 3.05) is 5.32 Å². The fourth-order valence-corrected chi connectivity index (χ4v) is 3.64. The largest absolute Gasteiger partial charge is 0.376 e. The van der Waals surface area contributed by atoms with Crippen molar-refractivity contribution in [3.63, 3.8) is 0 Å². The molecule has 0 radical (unpaired) electrons. The predicted molar refractivity (Wildman–Crippen MR) is 118 cm³/mol. The average Bonchev–Trinajstić information content (AvgIpc) is 2.75. The normalized spacial score (nSPS) is 16.2. The van der Waals surface area contributed by atoms with Gasteiger partial charge in [-0.25, -0.2) is 9.37 Å². The number of anilines is 1. The summed E-state index contributed by atoms with van der Waals surface area (Å²) in [6.07, 6.45) is 8.73. The average molecular weight is 407 g/mol. The van der Waals surface area contributed by atoms with Crippen LogP contribution in [0.2, 0.25) is 0 Å². The molecule has 1 atom stereocenters. The number of hydrogen-bond donors (Lipinski definition) is 1. The van der Waals surface area contributed by atoms with E-state index in [2.05, 4.69) is 29.0 Å². The van der Waals surface area contributed by atoms with Gasteiger partial charge in [-0.05, 0) is 44.2 Å². The molecule has 5 nitrogen and oxygen atoms in total. The Balaban J connectivity index is 1.93. The van der Waals surface area contributed by atoms with E-state index in [4.69, 9.17) is 0 Å². The molecule has 3 rings (SSSR count). The number of allylic oxidation sites excluding steroid dienone is 5. The zero-order valence-corrected chi connectivity index (χ0v) is 17.1. The maximum absolute atomic E-state index is 14.1. The Morgan fingerprint density at radius 3 is 2.80 bits per heavy atom. The summed E-state index contributed by atoms with van der Waals surface area (Å²) >= 11 is 0. The van der Waals surface area contributed by atoms with Gasteiger partial charge >= 0.3 is 0 Å². The molecule has 2 heterocycles. The minimum Gasteiger partial charge on any atom is -0.376 e. The van der Waals surface area contributed by atoms with Crippen molar-refractivity contribution < 1.29 is 9.18 Å². The third-order valence-electron chi connectivity index (χ3n) is 5.19. The number of halogens is 1.